The van der Waals surface area contributed by atoms with Crippen LogP contribution in [0.3, 0.4) is 0 Å². The van der Waals surface area contributed by atoms with Gasteiger partial charge in [-0.3, -0.25) is 12.5 Å². The lowest BCUT2D eigenvalue weighted by Crippen LogP contribution is -2.29. The largest absolute Gasteiger partial charge is 0.523 e. The summed E-state index contributed by atoms with van der Waals surface area (Å²) in [5.74, 6) is 0. The SMILES string of the molecule is CS(=O)(=O)OC[C@@H]1CC[C@@H](CO)O1.CS(=O)(=O)OC[C@@H]1CC[C@H](CO)O1.O=S(=O)(OC[C@@H]1CC[C@@H](CO)O1)C(F)(F)F. The Morgan fingerprint density at radius 1 is 0.571 bits per heavy atom. The van der Waals surface area contributed by atoms with Crippen molar-refractivity contribution in [3.05, 3.63) is 0 Å². The van der Waals surface area contributed by atoms with E-state index in [1.54, 1.807) is 0 Å². The lowest BCUT2D eigenvalue weighted by molar-refractivity contribution is -0.0596. The normalized spacial score (nSPS) is 28.6. The first-order chi connectivity index (χ1) is 19.3. The molecule has 3 rings (SSSR count). The van der Waals surface area contributed by atoms with E-state index in [-0.39, 0.29) is 57.5 Å². The minimum absolute atomic E-state index is 0.0185. The van der Waals surface area contributed by atoms with Gasteiger partial charge in [0.15, 0.2) is 0 Å². The minimum Gasteiger partial charge on any atom is -0.394 e. The third-order valence-corrected chi connectivity index (χ3v) is 7.97. The van der Waals surface area contributed by atoms with Crippen LogP contribution in [0.4, 0.5) is 13.2 Å². The van der Waals surface area contributed by atoms with Crippen LogP contribution >= 0.6 is 0 Å². The van der Waals surface area contributed by atoms with Gasteiger partial charge in [-0.15, -0.1) is 0 Å². The highest BCUT2D eigenvalue weighted by Crippen LogP contribution is 2.27. The Kier molecular flexibility index (Phi) is 16.6. The van der Waals surface area contributed by atoms with Gasteiger partial charge in [-0.2, -0.15) is 38.4 Å². The van der Waals surface area contributed by atoms with Gasteiger partial charge < -0.3 is 29.5 Å². The van der Waals surface area contributed by atoms with Gasteiger partial charge in [0.05, 0.1) is 88.8 Å². The number of alkyl halides is 3. The van der Waals surface area contributed by atoms with Crippen molar-refractivity contribution >= 4 is 30.4 Å². The van der Waals surface area contributed by atoms with E-state index in [9.17, 15) is 38.4 Å². The van der Waals surface area contributed by atoms with Crippen molar-refractivity contribution in [1.29, 1.82) is 0 Å². The summed E-state index contributed by atoms with van der Waals surface area (Å²) in [5, 5.41) is 26.1. The van der Waals surface area contributed by atoms with E-state index in [4.69, 9.17) is 29.5 Å². The summed E-state index contributed by atoms with van der Waals surface area (Å²) < 4.78 is 128. The second kappa shape index (κ2) is 17.7. The lowest BCUT2D eigenvalue weighted by Gasteiger charge is -2.13. The maximum atomic E-state index is 11.9. The number of aliphatic hydroxyl groups excluding tert-OH is 3. The second-order valence-corrected chi connectivity index (χ2v) is 14.5. The third kappa shape index (κ3) is 16.4. The van der Waals surface area contributed by atoms with E-state index in [2.05, 4.69) is 12.5 Å². The quantitative estimate of drug-likeness (QED) is 0.173. The number of aliphatic hydroxyl groups is 3. The van der Waals surface area contributed by atoms with Crippen molar-refractivity contribution in [2.45, 2.75) is 80.7 Å². The molecule has 3 aliphatic rings. The molecule has 0 saturated carbocycles. The van der Waals surface area contributed by atoms with Gasteiger partial charge in [-0.1, -0.05) is 0 Å². The summed E-state index contributed by atoms with van der Waals surface area (Å²) in [6, 6.07) is 0. The zero-order valence-electron chi connectivity index (χ0n) is 23.0. The number of halogens is 3. The van der Waals surface area contributed by atoms with E-state index in [1.807, 2.05) is 0 Å². The van der Waals surface area contributed by atoms with Gasteiger partial charge in [0.25, 0.3) is 20.2 Å². The minimum atomic E-state index is -5.55. The summed E-state index contributed by atoms with van der Waals surface area (Å²) in [5.41, 5.74) is -5.41. The van der Waals surface area contributed by atoms with Crippen LogP contribution in [0.2, 0.25) is 0 Å². The lowest BCUT2D eigenvalue weighted by atomic mass is 10.2. The molecule has 0 radical (unpaired) electrons. The highest BCUT2D eigenvalue weighted by molar-refractivity contribution is 7.87. The Balaban J connectivity index is 0.000000318. The maximum absolute atomic E-state index is 11.9. The molecule has 3 N–H and O–H groups in total. The molecule has 0 aromatic rings. The van der Waals surface area contributed by atoms with Crippen molar-refractivity contribution in [1.82, 2.24) is 0 Å². The first-order valence-corrected chi connectivity index (χ1v) is 17.8. The van der Waals surface area contributed by atoms with Gasteiger partial charge in [0.2, 0.25) is 0 Å². The first kappa shape index (κ1) is 39.3. The zero-order chi connectivity index (χ0) is 32.2. The highest BCUT2D eigenvalue weighted by Gasteiger charge is 2.47. The number of hydrogen-bond donors (Lipinski definition) is 3. The molecule has 3 saturated heterocycles. The Bertz CT molecular complexity index is 1050. The molecule has 3 aliphatic heterocycles. The number of hydrogen-bond acceptors (Lipinski definition) is 15. The second-order valence-electron chi connectivity index (χ2n) is 9.58. The van der Waals surface area contributed by atoms with Crippen LogP contribution in [0.25, 0.3) is 0 Å². The Labute approximate surface area is 243 Å². The Morgan fingerprint density at radius 3 is 1.05 bits per heavy atom. The molecule has 0 amide bonds. The molecule has 6 atom stereocenters. The van der Waals surface area contributed by atoms with Crippen molar-refractivity contribution in [2.75, 3.05) is 52.2 Å². The molecule has 21 heteroatoms. The molecule has 3 fully saturated rings. The zero-order valence-corrected chi connectivity index (χ0v) is 25.5. The van der Waals surface area contributed by atoms with E-state index in [0.29, 0.717) is 12.8 Å². The molecule has 0 aromatic heterocycles. The average Bonchev–Trinajstić information content (AvgIpc) is 3.65. The van der Waals surface area contributed by atoms with E-state index in [1.165, 1.54) is 0 Å². The van der Waals surface area contributed by atoms with Crippen LogP contribution < -0.4 is 0 Å². The van der Waals surface area contributed by atoms with E-state index in [0.717, 1.165) is 38.2 Å². The van der Waals surface area contributed by atoms with Crippen LogP contribution in [-0.4, -0.2) is 135 Å². The van der Waals surface area contributed by atoms with Gasteiger partial charge >= 0.3 is 15.6 Å². The molecule has 0 aromatic carbocycles. The van der Waals surface area contributed by atoms with Crippen LogP contribution in [-0.2, 0) is 57.1 Å². The monoisotopic (exact) mass is 684 g/mol. The molecule has 42 heavy (non-hydrogen) atoms. The fourth-order valence-corrected chi connectivity index (χ4v) is 5.00. The number of ether oxygens (including phenoxy) is 3. The molecule has 0 spiro atoms. The van der Waals surface area contributed by atoms with Gasteiger partial charge in [0.1, 0.15) is 0 Å². The molecule has 0 aliphatic carbocycles. The van der Waals surface area contributed by atoms with Crippen molar-refractivity contribution in [2.24, 2.45) is 0 Å². The Morgan fingerprint density at radius 2 is 0.833 bits per heavy atom. The maximum Gasteiger partial charge on any atom is 0.523 e. The molecule has 3 heterocycles. The molecule has 0 bridgehead atoms. The number of rotatable bonds is 12. The van der Waals surface area contributed by atoms with Gasteiger partial charge in [0, 0.05) is 0 Å². The van der Waals surface area contributed by atoms with Crippen LogP contribution in [0, 0.1) is 0 Å². The first-order valence-electron chi connectivity index (χ1n) is 12.7. The molecule has 0 unspecified atom stereocenters. The van der Waals surface area contributed by atoms with Gasteiger partial charge in [-0.05, 0) is 38.5 Å². The third-order valence-electron chi connectivity index (χ3n) is 5.83. The summed E-state index contributed by atoms with van der Waals surface area (Å²) in [4.78, 5) is 0. The fourth-order valence-electron chi connectivity index (χ4n) is 3.74. The average molecular weight is 685 g/mol. The predicted molar refractivity (Wildman–Crippen MR) is 137 cm³/mol. The molecule has 252 valence electrons. The molecule has 15 nitrogen and oxygen atoms in total. The van der Waals surface area contributed by atoms with Crippen LogP contribution in [0.5, 0.6) is 0 Å². The standard InChI is InChI=1S/C7H11F3O5S.2C7H14O5S/c8-7(9,10)16(12,13)14-4-6-2-1-5(3-11)15-6;2*1-13(9,10)11-5-7-3-2-6(4-8)12-7/h5-6,11H,1-4H2;2*6-8H,2-5H2,1H3/t5-,6-;6-,7+;6-,7-/m010/s1. The summed E-state index contributed by atoms with van der Waals surface area (Å²) in [7, 11) is -12.3. The molecular weight excluding hydrogens is 645 g/mol. The Hall–Kier alpha value is -0.720. The van der Waals surface area contributed by atoms with Crippen LogP contribution in [0.1, 0.15) is 38.5 Å². The fraction of sp³-hybridized carbons (Fsp3) is 1.00. The summed E-state index contributed by atoms with van der Waals surface area (Å²) >= 11 is 0. The van der Waals surface area contributed by atoms with E-state index >= 15 is 0 Å². The van der Waals surface area contributed by atoms with Crippen molar-refractivity contribution in [3.63, 3.8) is 0 Å². The topological polar surface area (TPSA) is 218 Å². The van der Waals surface area contributed by atoms with E-state index < -0.39 is 54.7 Å². The van der Waals surface area contributed by atoms with Gasteiger partial charge in [-0.25, -0.2) is 0 Å². The highest BCUT2D eigenvalue weighted by atomic mass is 32.2. The van der Waals surface area contributed by atoms with Crippen molar-refractivity contribution in [3.8, 4) is 0 Å². The summed E-state index contributed by atoms with van der Waals surface area (Å²) in [6.45, 7) is -0.865. The predicted octanol–water partition coefficient (Wildman–Crippen LogP) is -0.602. The molecular formula is C21H39F3O15S3. The van der Waals surface area contributed by atoms with Crippen molar-refractivity contribution < 1.29 is 80.5 Å². The summed E-state index contributed by atoms with van der Waals surface area (Å²) in [6.07, 6.45) is 3.92. The smallest absolute Gasteiger partial charge is 0.394 e. The van der Waals surface area contributed by atoms with Crippen LogP contribution in [0.15, 0.2) is 0 Å².